The molecular formula is C23H18ClFN2O2. The third-order valence-electron chi connectivity index (χ3n) is 5.80. The highest BCUT2D eigenvalue weighted by atomic mass is 35.5. The first-order valence-electron chi connectivity index (χ1n) is 9.51. The number of carbonyl (C=O) groups is 1. The lowest BCUT2D eigenvalue weighted by atomic mass is 9.72. The Morgan fingerprint density at radius 1 is 1.07 bits per heavy atom. The fraction of sp³-hybridized carbons (Fsp3) is 0.217. The maximum absolute atomic E-state index is 13.5. The molecule has 3 aromatic rings. The molecular weight excluding hydrogens is 391 g/mol. The van der Waals surface area contributed by atoms with Gasteiger partial charge in [0.15, 0.2) is 5.78 Å². The number of Topliss-reactive ketones (excluding diaryl/α,β-unsaturated/α-hetero) is 1. The van der Waals surface area contributed by atoms with Gasteiger partial charge in [0.1, 0.15) is 5.82 Å². The Kier molecular flexibility index (Phi) is 4.28. The van der Waals surface area contributed by atoms with Gasteiger partial charge in [-0.2, -0.15) is 0 Å². The molecule has 2 aliphatic rings. The van der Waals surface area contributed by atoms with E-state index in [4.69, 9.17) is 16.1 Å². The molecule has 0 saturated carbocycles. The van der Waals surface area contributed by atoms with Crippen LogP contribution in [0.1, 0.15) is 47.1 Å². The van der Waals surface area contributed by atoms with Crippen LogP contribution >= 0.6 is 11.6 Å². The van der Waals surface area contributed by atoms with Gasteiger partial charge in [-0.25, -0.2) is 4.39 Å². The number of carbonyl (C=O) groups excluding carboxylic acids is 1. The van der Waals surface area contributed by atoms with E-state index in [1.165, 1.54) is 12.1 Å². The molecule has 2 atom stereocenters. The summed E-state index contributed by atoms with van der Waals surface area (Å²) in [7, 11) is 0. The molecule has 0 unspecified atom stereocenters. The summed E-state index contributed by atoms with van der Waals surface area (Å²) in [6.07, 6.45) is 1.10. The van der Waals surface area contributed by atoms with Gasteiger partial charge in [-0.15, -0.1) is 0 Å². The van der Waals surface area contributed by atoms with Gasteiger partial charge in [-0.1, -0.05) is 41.0 Å². The zero-order valence-electron chi connectivity index (χ0n) is 15.7. The van der Waals surface area contributed by atoms with Gasteiger partial charge in [0.2, 0.25) is 5.88 Å². The first-order chi connectivity index (χ1) is 14.0. The summed E-state index contributed by atoms with van der Waals surface area (Å²) in [5, 5.41) is 8.07. The normalized spacial score (nSPS) is 20.9. The topological polar surface area (TPSA) is 55.1 Å². The van der Waals surface area contributed by atoms with Crippen LogP contribution in [0, 0.1) is 12.7 Å². The number of nitrogens with one attached hydrogen (secondary N) is 1. The fourth-order valence-electron chi connectivity index (χ4n) is 4.43. The minimum Gasteiger partial charge on any atom is -0.338 e. The van der Waals surface area contributed by atoms with Crippen molar-refractivity contribution < 1.29 is 13.7 Å². The minimum absolute atomic E-state index is 0.0606. The second-order valence-electron chi connectivity index (χ2n) is 7.59. The van der Waals surface area contributed by atoms with Crippen molar-refractivity contribution in [2.45, 2.75) is 31.6 Å². The third kappa shape index (κ3) is 3.06. The highest BCUT2D eigenvalue weighted by molar-refractivity contribution is 6.30. The fourth-order valence-corrected chi connectivity index (χ4v) is 4.56. The predicted octanol–water partition coefficient (Wildman–Crippen LogP) is 5.73. The van der Waals surface area contributed by atoms with E-state index in [1.54, 1.807) is 12.1 Å². The van der Waals surface area contributed by atoms with Crippen LogP contribution in [0.4, 0.5) is 10.3 Å². The maximum atomic E-state index is 13.5. The van der Waals surface area contributed by atoms with Crippen LogP contribution in [-0.2, 0) is 4.79 Å². The lowest BCUT2D eigenvalue weighted by molar-refractivity contribution is -0.116. The van der Waals surface area contributed by atoms with E-state index >= 15 is 0 Å². The number of anilines is 1. The molecule has 6 heteroatoms. The van der Waals surface area contributed by atoms with Crippen molar-refractivity contribution >= 4 is 23.3 Å². The number of ketones is 1. The molecule has 2 aromatic carbocycles. The zero-order chi connectivity index (χ0) is 20.1. The molecule has 0 fully saturated rings. The van der Waals surface area contributed by atoms with Gasteiger partial charge < -0.3 is 9.84 Å². The number of allylic oxidation sites excluding steroid dienone is 2. The number of halogens is 2. The highest BCUT2D eigenvalue weighted by Gasteiger charge is 2.41. The molecule has 1 aromatic heterocycles. The molecule has 0 spiro atoms. The van der Waals surface area contributed by atoms with Crippen LogP contribution in [-0.4, -0.2) is 10.9 Å². The smallest absolute Gasteiger partial charge is 0.233 e. The second kappa shape index (κ2) is 6.85. The number of hydrogen-bond acceptors (Lipinski definition) is 4. The van der Waals surface area contributed by atoms with Crippen molar-refractivity contribution in [3.05, 3.63) is 93.0 Å². The van der Waals surface area contributed by atoms with Crippen molar-refractivity contribution in [2.24, 2.45) is 0 Å². The van der Waals surface area contributed by atoms with Gasteiger partial charge in [0.05, 0.1) is 11.3 Å². The molecule has 0 amide bonds. The molecule has 29 heavy (non-hydrogen) atoms. The van der Waals surface area contributed by atoms with Crippen molar-refractivity contribution in [2.75, 3.05) is 5.32 Å². The maximum Gasteiger partial charge on any atom is 0.233 e. The van der Waals surface area contributed by atoms with E-state index in [2.05, 4.69) is 10.5 Å². The van der Waals surface area contributed by atoms with Gasteiger partial charge in [-0.05, 0) is 54.7 Å². The molecule has 4 nitrogen and oxygen atoms in total. The second-order valence-corrected chi connectivity index (χ2v) is 8.03. The van der Waals surface area contributed by atoms with Gasteiger partial charge in [-0.3, -0.25) is 4.79 Å². The van der Waals surface area contributed by atoms with Crippen LogP contribution in [0.2, 0.25) is 5.02 Å². The lowest BCUT2D eigenvalue weighted by Gasteiger charge is -2.34. The summed E-state index contributed by atoms with van der Waals surface area (Å²) in [6.45, 7) is 1.86. The van der Waals surface area contributed by atoms with Gasteiger partial charge in [0, 0.05) is 28.6 Å². The average molecular weight is 409 g/mol. The Morgan fingerprint density at radius 3 is 2.48 bits per heavy atom. The zero-order valence-corrected chi connectivity index (χ0v) is 16.5. The van der Waals surface area contributed by atoms with Crippen LogP contribution < -0.4 is 5.32 Å². The monoisotopic (exact) mass is 408 g/mol. The standard InChI is InChI=1S/C23H18ClFN2O2/c1-12-20-21(14-4-8-17(25)9-5-14)22-18(26-23(20)29-27-12)10-15(11-19(22)28)13-2-6-16(24)7-3-13/h2-9,15,21,26H,10-11H2,1H3/t15-,21+/m0/s1. The van der Waals surface area contributed by atoms with Crippen LogP contribution in [0.3, 0.4) is 0 Å². The summed E-state index contributed by atoms with van der Waals surface area (Å²) < 4.78 is 19.0. The van der Waals surface area contributed by atoms with E-state index in [0.29, 0.717) is 23.7 Å². The lowest BCUT2D eigenvalue weighted by Crippen LogP contribution is -2.29. The Labute approximate surface area is 172 Å². The molecule has 2 heterocycles. The van der Waals surface area contributed by atoms with E-state index in [-0.39, 0.29) is 23.4 Å². The largest absolute Gasteiger partial charge is 0.338 e. The molecule has 0 saturated heterocycles. The molecule has 1 aliphatic heterocycles. The Hall–Kier alpha value is -2.92. The number of benzene rings is 2. The number of aryl methyl sites for hydroxylation is 1. The molecule has 1 aliphatic carbocycles. The van der Waals surface area contributed by atoms with Crippen molar-refractivity contribution in [1.29, 1.82) is 0 Å². The average Bonchev–Trinajstić information content (AvgIpc) is 3.08. The Bertz CT molecular complexity index is 1130. The van der Waals surface area contributed by atoms with Gasteiger partial charge >= 0.3 is 0 Å². The van der Waals surface area contributed by atoms with Crippen LogP contribution in [0.15, 0.2) is 64.3 Å². The summed E-state index contributed by atoms with van der Waals surface area (Å²) >= 11 is 6.01. The van der Waals surface area contributed by atoms with E-state index < -0.39 is 0 Å². The number of rotatable bonds is 2. The molecule has 0 radical (unpaired) electrons. The quantitative estimate of drug-likeness (QED) is 0.588. The first kappa shape index (κ1) is 18.1. The predicted molar refractivity (Wildman–Crippen MR) is 109 cm³/mol. The van der Waals surface area contributed by atoms with Crippen LogP contribution in [0.25, 0.3) is 0 Å². The SMILES string of the molecule is Cc1noc2c1[C@@H](c1ccc(F)cc1)C1=C(C[C@H](c3ccc(Cl)cc3)CC1=O)N2. The highest BCUT2D eigenvalue weighted by Crippen LogP contribution is 2.49. The van der Waals surface area contributed by atoms with E-state index in [1.807, 2.05) is 31.2 Å². The van der Waals surface area contributed by atoms with Crippen molar-refractivity contribution in [3.8, 4) is 0 Å². The van der Waals surface area contributed by atoms with Gasteiger partial charge in [0.25, 0.3) is 0 Å². The van der Waals surface area contributed by atoms with Crippen molar-refractivity contribution in [3.63, 3.8) is 0 Å². The summed E-state index contributed by atoms with van der Waals surface area (Å²) in [4.78, 5) is 13.3. The van der Waals surface area contributed by atoms with E-state index in [0.717, 1.165) is 33.7 Å². The number of hydrogen-bond donors (Lipinski definition) is 1. The van der Waals surface area contributed by atoms with Crippen molar-refractivity contribution in [1.82, 2.24) is 5.16 Å². The molecule has 5 rings (SSSR count). The summed E-state index contributed by atoms with van der Waals surface area (Å²) in [5.74, 6) is 0.0774. The Morgan fingerprint density at radius 2 is 1.76 bits per heavy atom. The Balaban J connectivity index is 1.61. The van der Waals surface area contributed by atoms with E-state index in [9.17, 15) is 9.18 Å². The first-order valence-corrected chi connectivity index (χ1v) is 9.89. The number of nitrogens with zero attached hydrogens (tertiary/aromatic N) is 1. The number of fused-ring (bicyclic) bond motifs is 1. The summed E-state index contributed by atoms with van der Waals surface area (Å²) in [6, 6.07) is 13.9. The molecule has 146 valence electrons. The molecule has 0 bridgehead atoms. The third-order valence-corrected chi connectivity index (χ3v) is 6.05. The minimum atomic E-state index is -0.313. The number of aromatic nitrogens is 1. The van der Waals surface area contributed by atoms with Crippen LogP contribution in [0.5, 0.6) is 0 Å². The summed E-state index contributed by atoms with van der Waals surface area (Å²) in [5.41, 5.74) is 5.06. The molecule has 1 N–H and O–H groups in total.